The van der Waals surface area contributed by atoms with Gasteiger partial charge in [-0.05, 0) is 38.1 Å². The van der Waals surface area contributed by atoms with Crippen molar-refractivity contribution in [1.82, 2.24) is 0 Å². The molecule has 0 aliphatic rings. The number of rotatable bonds is 6. The Bertz CT molecular complexity index is 1120. The van der Waals surface area contributed by atoms with Gasteiger partial charge in [0.2, 0.25) is 0 Å². The molecule has 2 aromatic carbocycles. The van der Waals surface area contributed by atoms with Crippen LogP contribution in [0.3, 0.4) is 0 Å². The van der Waals surface area contributed by atoms with Crippen molar-refractivity contribution in [2.24, 2.45) is 0 Å². The predicted molar refractivity (Wildman–Crippen MR) is 111 cm³/mol. The van der Waals surface area contributed by atoms with Crippen LogP contribution < -0.4 is 10.6 Å². The summed E-state index contributed by atoms with van der Waals surface area (Å²) in [4.78, 5) is 48.7. The fourth-order valence-corrected chi connectivity index (χ4v) is 3.16. The molecule has 9 nitrogen and oxygen atoms in total. The molecular formula is C22H18N2O7. The van der Waals surface area contributed by atoms with Gasteiger partial charge in [-0.1, -0.05) is 24.3 Å². The first-order valence-electron chi connectivity index (χ1n) is 9.08. The number of furan rings is 1. The number of carbonyl (C=O) groups excluding carboxylic acids is 2. The zero-order chi connectivity index (χ0) is 22.7. The molecule has 0 aliphatic carbocycles. The SMILES string of the molecule is Cc1oc(C)c(C(=O)Nc2ccccc2C(=O)O)c1C(=O)Nc1ccccc1C(=O)O. The summed E-state index contributed by atoms with van der Waals surface area (Å²) < 4.78 is 5.46. The Morgan fingerprint density at radius 2 is 1.03 bits per heavy atom. The first-order valence-corrected chi connectivity index (χ1v) is 9.08. The fourth-order valence-electron chi connectivity index (χ4n) is 3.16. The summed E-state index contributed by atoms with van der Waals surface area (Å²) in [5.74, 6) is -3.61. The van der Waals surface area contributed by atoms with Crippen molar-refractivity contribution in [2.45, 2.75) is 13.8 Å². The molecule has 158 valence electrons. The standard InChI is InChI=1S/C22H18N2O7/c1-11-17(19(25)23-15-9-5-3-7-13(15)21(27)28)18(12(2)31-11)20(26)24-16-10-6-4-8-14(16)22(29)30/h3-10H,1-2H3,(H,23,25)(H,24,26)(H,27,28)(H,29,30). The number of hydrogen-bond acceptors (Lipinski definition) is 5. The van der Waals surface area contributed by atoms with Crippen molar-refractivity contribution in [3.05, 3.63) is 82.3 Å². The minimum absolute atomic E-state index is 0.0563. The maximum Gasteiger partial charge on any atom is 0.337 e. The number of hydrogen-bond donors (Lipinski definition) is 4. The summed E-state index contributed by atoms with van der Waals surface area (Å²) in [5.41, 5.74) is -0.280. The molecule has 1 heterocycles. The Hall–Kier alpha value is -4.40. The zero-order valence-electron chi connectivity index (χ0n) is 16.6. The summed E-state index contributed by atoms with van der Waals surface area (Å²) >= 11 is 0. The van der Waals surface area contributed by atoms with Crippen LogP contribution in [0.4, 0.5) is 11.4 Å². The van der Waals surface area contributed by atoms with E-state index < -0.39 is 23.8 Å². The molecule has 2 amide bonds. The molecule has 0 aliphatic heterocycles. The highest BCUT2D eigenvalue weighted by Crippen LogP contribution is 2.26. The summed E-state index contributed by atoms with van der Waals surface area (Å²) in [6, 6.07) is 11.7. The van der Waals surface area contributed by atoms with Crippen LogP contribution in [0, 0.1) is 13.8 Å². The number of nitrogens with one attached hydrogen (secondary N) is 2. The average molecular weight is 422 g/mol. The lowest BCUT2D eigenvalue weighted by Gasteiger charge is -2.11. The van der Waals surface area contributed by atoms with Crippen LogP contribution in [0.2, 0.25) is 0 Å². The number of para-hydroxylation sites is 2. The lowest BCUT2D eigenvalue weighted by atomic mass is 10.1. The Morgan fingerprint density at radius 3 is 1.39 bits per heavy atom. The Kier molecular flexibility index (Phi) is 5.87. The number of carboxylic acids is 2. The molecule has 3 aromatic rings. The second-order valence-electron chi connectivity index (χ2n) is 6.57. The summed E-state index contributed by atoms with van der Waals surface area (Å²) in [7, 11) is 0. The molecule has 0 saturated carbocycles. The molecule has 1 aromatic heterocycles. The van der Waals surface area contributed by atoms with E-state index in [0.29, 0.717) is 0 Å². The molecule has 9 heteroatoms. The van der Waals surface area contributed by atoms with Crippen LogP contribution in [0.15, 0.2) is 52.9 Å². The third-order valence-electron chi connectivity index (χ3n) is 4.53. The number of carboxylic acid groups (broad SMARTS) is 2. The van der Waals surface area contributed by atoms with E-state index in [1.165, 1.54) is 50.2 Å². The molecule has 0 bridgehead atoms. The number of carbonyl (C=O) groups is 4. The normalized spacial score (nSPS) is 10.4. The van der Waals surface area contributed by atoms with Gasteiger partial charge in [0.05, 0.1) is 33.6 Å². The first kappa shape index (κ1) is 21.3. The highest BCUT2D eigenvalue weighted by atomic mass is 16.4. The lowest BCUT2D eigenvalue weighted by molar-refractivity contribution is 0.0687. The van der Waals surface area contributed by atoms with Crippen molar-refractivity contribution in [3.8, 4) is 0 Å². The van der Waals surface area contributed by atoms with Crippen molar-refractivity contribution in [3.63, 3.8) is 0 Å². The molecule has 4 N–H and O–H groups in total. The minimum Gasteiger partial charge on any atom is -0.478 e. The number of anilines is 2. The van der Waals surface area contributed by atoms with Crippen molar-refractivity contribution in [2.75, 3.05) is 10.6 Å². The van der Waals surface area contributed by atoms with Crippen LogP contribution >= 0.6 is 0 Å². The van der Waals surface area contributed by atoms with Crippen LogP contribution in [0.1, 0.15) is 53.0 Å². The molecule has 0 unspecified atom stereocenters. The molecule has 3 rings (SSSR count). The van der Waals surface area contributed by atoms with E-state index in [0.717, 1.165) is 0 Å². The number of aromatic carboxylic acids is 2. The van der Waals surface area contributed by atoms with Gasteiger partial charge < -0.3 is 25.3 Å². The van der Waals surface area contributed by atoms with Gasteiger partial charge in [-0.15, -0.1) is 0 Å². The Morgan fingerprint density at radius 1 is 0.677 bits per heavy atom. The minimum atomic E-state index is -1.22. The quantitative estimate of drug-likeness (QED) is 0.472. The number of aryl methyl sites for hydroxylation is 2. The average Bonchev–Trinajstić information content (AvgIpc) is 3.02. The van der Waals surface area contributed by atoms with Gasteiger partial charge in [0.25, 0.3) is 11.8 Å². The molecule has 0 spiro atoms. The van der Waals surface area contributed by atoms with Crippen LogP contribution in [0.5, 0.6) is 0 Å². The third-order valence-corrected chi connectivity index (χ3v) is 4.53. The van der Waals surface area contributed by atoms with Crippen LogP contribution in [-0.2, 0) is 0 Å². The second-order valence-corrected chi connectivity index (χ2v) is 6.57. The monoisotopic (exact) mass is 422 g/mol. The summed E-state index contributed by atoms with van der Waals surface area (Å²) in [6.07, 6.45) is 0. The molecule has 31 heavy (non-hydrogen) atoms. The van der Waals surface area contributed by atoms with Gasteiger partial charge in [0.15, 0.2) is 0 Å². The predicted octanol–water partition coefficient (Wildman–Crippen LogP) is 3.80. The fraction of sp³-hybridized carbons (Fsp3) is 0.0909. The van der Waals surface area contributed by atoms with E-state index >= 15 is 0 Å². The van der Waals surface area contributed by atoms with Crippen molar-refractivity contribution in [1.29, 1.82) is 0 Å². The topological polar surface area (TPSA) is 146 Å². The highest BCUT2D eigenvalue weighted by Gasteiger charge is 2.28. The lowest BCUT2D eigenvalue weighted by Crippen LogP contribution is -2.22. The molecule has 0 saturated heterocycles. The highest BCUT2D eigenvalue weighted by molar-refractivity contribution is 6.18. The van der Waals surface area contributed by atoms with Gasteiger partial charge >= 0.3 is 11.9 Å². The second kappa shape index (κ2) is 8.54. The van der Waals surface area contributed by atoms with Crippen molar-refractivity contribution >= 4 is 35.1 Å². The number of benzene rings is 2. The van der Waals surface area contributed by atoms with E-state index in [9.17, 15) is 29.4 Å². The maximum absolute atomic E-state index is 12.9. The van der Waals surface area contributed by atoms with Crippen LogP contribution in [0.25, 0.3) is 0 Å². The summed E-state index contributed by atoms with van der Waals surface area (Å²) in [6.45, 7) is 2.99. The van der Waals surface area contributed by atoms with Crippen LogP contribution in [-0.4, -0.2) is 34.0 Å². The van der Waals surface area contributed by atoms with E-state index in [2.05, 4.69) is 10.6 Å². The van der Waals surface area contributed by atoms with Gasteiger partial charge in [-0.3, -0.25) is 9.59 Å². The molecule has 0 atom stereocenters. The molecule has 0 fully saturated rings. The number of amides is 2. The Balaban J connectivity index is 1.96. The van der Waals surface area contributed by atoms with E-state index in [4.69, 9.17) is 4.42 Å². The molecule has 0 radical (unpaired) electrons. The largest absolute Gasteiger partial charge is 0.478 e. The zero-order valence-corrected chi connectivity index (χ0v) is 16.6. The summed E-state index contributed by atoms with van der Waals surface area (Å²) in [5, 5.41) is 23.6. The van der Waals surface area contributed by atoms with Gasteiger partial charge in [-0.2, -0.15) is 0 Å². The maximum atomic E-state index is 12.9. The Labute approximate surface area is 176 Å². The smallest absolute Gasteiger partial charge is 0.337 e. The van der Waals surface area contributed by atoms with Gasteiger partial charge in [-0.25, -0.2) is 9.59 Å². The van der Waals surface area contributed by atoms with Gasteiger partial charge in [0.1, 0.15) is 11.5 Å². The van der Waals surface area contributed by atoms with E-state index in [1.54, 1.807) is 12.1 Å². The van der Waals surface area contributed by atoms with Crippen molar-refractivity contribution < 1.29 is 33.8 Å². The van der Waals surface area contributed by atoms with Gasteiger partial charge in [0, 0.05) is 0 Å². The molecular weight excluding hydrogens is 404 g/mol. The third kappa shape index (κ3) is 4.30. The van der Waals surface area contributed by atoms with E-state index in [-0.39, 0.29) is 45.1 Å². The first-order chi connectivity index (χ1) is 14.7. The van der Waals surface area contributed by atoms with E-state index in [1.807, 2.05) is 0 Å².